The first-order valence-electron chi connectivity index (χ1n) is 2.80. The summed E-state index contributed by atoms with van der Waals surface area (Å²) in [7, 11) is 0. The van der Waals surface area contributed by atoms with E-state index < -0.39 is 0 Å². The number of hydrogen-bond donors (Lipinski definition) is 1. The molecule has 0 radical (unpaired) electrons. The molecule has 4 nitrogen and oxygen atoms in total. The molecule has 0 aromatic carbocycles. The normalized spacial score (nSPS) is 10.8. The second-order valence-corrected chi connectivity index (χ2v) is 2.05. The highest BCUT2D eigenvalue weighted by Crippen LogP contribution is 2.05. The van der Waals surface area contributed by atoms with Crippen molar-refractivity contribution in [2.24, 2.45) is 0 Å². The van der Waals surface area contributed by atoms with Gasteiger partial charge in [0.1, 0.15) is 11.1 Å². The number of aromatic hydroxyl groups is 1. The van der Waals surface area contributed by atoms with Gasteiger partial charge in [0.05, 0.1) is 11.7 Å². The van der Waals surface area contributed by atoms with Gasteiger partial charge in [0.15, 0.2) is 0 Å². The second kappa shape index (κ2) is 1.47. The third kappa shape index (κ3) is 0.452. The monoisotopic (exact) mass is 135 g/mol. The van der Waals surface area contributed by atoms with Crippen LogP contribution in [0.3, 0.4) is 0 Å². The van der Waals surface area contributed by atoms with Crippen LogP contribution in [0.4, 0.5) is 0 Å². The van der Waals surface area contributed by atoms with Gasteiger partial charge >= 0.3 is 0 Å². The van der Waals surface area contributed by atoms with Crippen LogP contribution >= 0.6 is 0 Å². The maximum absolute atomic E-state index is 9.08. The Labute approximate surface area is 56.4 Å². The van der Waals surface area contributed by atoms with E-state index in [0.717, 1.165) is 5.52 Å². The highest BCUT2D eigenvalue weighted by atomic mass is 16.3. The third-order valence-corrected chi connectivity index (χ3v) is 1.41. The van der Waals surface area contributed by atoms with Crippen LogP contribution < -0.4 is 5.35 Å². The van der Waals surface area contributed by atoms with Crippen LogP contribution in [0.2, 0.25) is 0 Å². The van der Waals surface area contributed by atoms with Crippen molar-refractivity contribution >= 4 is 12.1 Å². The Kier molecular flexibility index (Phi) is 0.768. The number of hydrogen-bond acceptors (Lipinski definition) is 3. The van der Waals surface area contributed by atoms with Gasteiger partial charge in [0, 0.05) is 6.07 Å². The summed E-state index contributed by atoms with van der Waals surface area (Å²) in [6.07, 6.45) is 1.56. The number of nitrogens with zero attached hydrogens (tertiary/aromatic N) is 3. The maximum Gasteiger partial charge on any atom is 0.142 e. The predicted molar refractivity (Wildman–Crippen MR) is 35.4 cm³/mol. The van der Waals surface area contributed by atoms with Crippen molar-refractivity contribution in [3.63, 3.8) is 0 Å². The highest BCUT2D eigenvalue weighted by molar-refractivity contribution is 5.50. The van der Waals surface area contributed by atoms with Crippen LogP contribution in [0, 0.1) is 0 Å². The van der Waals surface area contributed by atoms with Gasteiger partial charge in [-0.1, -0.05) is 11.8 Å². The minimum absolute atomic E-state index is 0.157. The summed E-state index contributed by atoms with van der Waals surface area (Å²) in [5, 5.41) is 16.9. The molecule has 50 valence electrons. The lowest BCUT2D eigenvalue weighted by Gasteiger charge is -1.78. The molecule has 0 spiro atoms. The van der Waals surface area contributed by atoms with Gasteiger partial charge < -0.3 is 5.11 Å². The van der Waals surface area contributed by atoms with Gasteiger partial charge in [0.2, 0.25) is 0 Å². The lowest BCUT2D eigenvalue weighted by atomic mass is 10.5. The average Bonchev–Trinajstić information content (AvgIpc) is 2.41. The third-order valence-electron chi connectivity index (χ3n) is 1.41. The molecule has 2 rings (SSSR count). The molecule has 2 aromatic heterocycles. The number of fused-ring (bicyclic) bond motifs is 1. The molecule has 2 aromatic rings. The zero-order valence-electron chi connectivity index (χ0n) is 5.15. The van der Waals surface area contributed by atoms with Crippen LogP contribution in [0.15, 0.2) is 12.3 Å². The minimum atomic E-state index is 0.157. The van der Waals surface area contributed by atoms with Crippen molar-refractivity contribution in [3.05, 3.63) is 17.6 Å². The van der Waals surface area contributed by atoms with E-state index in [1.807, 2.05) is 0 Å². The molecule has 0 aliphatic rings. The molecule has 4 heteroatoms. The van der Waals surface area contributed by atoms with Crippen molar-refractivity contribution in [2.45, 2.75) is 0 Å². The molecule has 10 heavy (non-hydrogen) atoms. The van der Waals surface area contributed by atoms with Crippen molar-refractivity contribution in [1.82, 2.24) is 14.8 Å². The largest absolute Gasteiger partial charge is 0.506 e. The van der Waals surface area contributed by atoms with Crippen LogP contribution in [0.25, 0.3) is 12.1 Å². The molecule has 0 saturated heterocycles. The minimum Gasteiger partial charge on any atom is -0.506 e. The van der Waals surface area contributed by atoms with Gasteiger partial charge in [-0.25, -0.2) is 4.52 Å². The molecule has 1 N–H and O–H groups in total. The quantitative estimate of drug-likeness (QED) is 0.533. The summed E-state index contributed by atoms with van der Waals surface area (Å²) >= 11 is 0. The van der Waals surface area contributed by atoms with Crippen molar-refractivity contribution in [2.75, 3.05) is 0 Å². The van der Waals surface area contributed by atoms with E-state index in [0.29, 0.717) is 5.35 Å². The van der Waals surface area contributed by atoms with Crippen LogP contribution in [0.1, 0.15) is 0 Å². The highest BCUT2D eigenvalue weighted by Gasteiger charge is 2.00. The summed E-state index contributed by atoms with van der Waals surface area (Å²) in [5.74, 6) is 0.157. The molecule has 0 aliphatic heterocycles. The summed E-state index contributed by atoms with van der Waals surface area (Å²) < 4.78 is 1.48. The molecule has 0 unspecified atom stereocenters. The molecule has 2 heterocycles. The Morgan fingerprint density at radius 1 is 1.60 bits per heavy atom. The first-order chi connectivity index (χ1) is 4.79. The van der Waals surface area contributed by atoms with E-state index in [9.17, 15) is 0 Å². The average molecular weight is 135 g/mol. The molecular formula is C6H5N3O. The van der Waals surface area contributed by atoms with E-state index >= 15 is 0 Å². The Morgan fingerprint density at radius 3 is 3.10 bits per heavy atom. The topological polar surface area (TPSA) is 50.4 Å². The summed E-state index contributed by atoms with van der Waals surface area (Å²) in [6.45, 7) is 3.59. The van der Waals surface area contributed by atoms with E-state index in [1.54, 1.807) is 12.3 Å². The molecule has 0 atom stereocenters. The molecule has 0 fully saturated rings. The standard InChI is InChI=1S/C6H5N3O/c1-4-6(10)2-5-3-7-8-9(4)5/h2-3,10H,1H2. The van der Waals surface area contributed by atoms with Gasteiger partial charge in [-0.15, -0.1) is 5.10 Å². The van der Waals surface area contributed by atoms with Crippen LogP contribution in [0.5, 0.6) is 5.75 Å². The lowest BCUT2D eigenvalue weighted by molar-refractivity contribution is 0.469. The fraction of sp³-hybridized carbons (Fsp3) is 0. The summed E-state index contributed by atoms with van der Waals surface area (Å²) in [4.78, 5) is 0. The summed E-state index contributed by atoms with van der Waals surface area (Å²) in [6, 6.07) is 1.57. The number of aromatic nitrogens is 3. The Balaban J connectivity index is 3.09. The van der Waals surface area contributed by atoms with Crippen LogP contribution in [-0.2, 0) is 0 Å². The lowest BCUT2D eigenvalue weighted by Crippen LogP contribution is -2.06. The molecular weight excluding hydrogens is 130 g/mol. The Morgan fingerprint density at radius 2 is 2.40 bits per heavy atom. The SMILES string of the molecule is C=c1c(O)cc2cnnn12. The van der Waals surface area contributed by atoms with Gasteiger partial charge in [-0.2, -0.15) is 0 Å². The fourth-order valence-electron chi connectivity index (χ4n) is 0.883. The van der Waals surface area contributed by atoms with Gasteiger partial charge in [0.25, 0.3) is 0 Å². The van der Waals surface area contributed by atoms with Gasteiger partial charge in [-0.05, 0) is 0 Å². The first kappa shape index (κ1) is 5.22. The number of rotatable bonds is 0. The first-order valence-corrected chi connectivity index (χ1v) is 2.80. The smallest absolute Gasteiger partial charge is 0.142 e. The van der Waals surface area contributed by atoms with E-state index in [4.69, 9.17) is 5.11 Å². The molecule has 0 amide bonds. The van der Waals surface area contributed by atoms with Crippen LogP contribution in [-0.4, -0.2) is 19.9 Å². The fourth-order valence-corrected chi connectivity index (χ4v) is 0.883. The zero-order valence-corrected chi connectivity index (χ0v) is 5.15. The summed E-state index contributed by atoms with van der Waals surface area (Å²) in [5.41, 5.74) is 0.766. The molecule has 0 bridgehead atoms. The second-order valence-electron chi connectivity index (χ2n) is 2.05. The van der Waals surface area contributed by atoms with E-state index in [2.05, 4.69) is 16.9 Å². The zero-order chi connectivity index (χ0) is 7.14. The Hall–Kier alpha value is -1.58. The van der Waals surface area contributed by atoms with E-state index in [1.165, 1.54) is 4.52 Å². The maximum atomic E-state index is 9.08. The van der Waals surface area contributed by atoms with E-state index in [-0.39, 0.29) is 5.75 Å². The van der Waals surface area contributed by atoms with Crippen molar-refractivity contribution < 1.29 is 5.11 Å². The van der Waals surface area contributed by atoms with Crippen molar-refractivity contribution in [3.8, 4) is 5.75 Å². The Bertz CT molecular complexity index is 406. The molecule has 0 saturated carbocycles. The van der Waals surface area contributed by atoms with Gasteiger partial charge in [-0.3, -0.25) is 0 Å². The predicted octanol–water partition coefficient (Wildman–Crippen LogP) is -0.436. The van der Waals surface area contributed by atoms with Crippen molar-refractivity contribution in [1.29, 1.82) is 0 Å². The molecule has 0 aliphatic carbocycles.